The van der Waals surface area contributed by atoms with Gasteiger partial charge < -0.3 is 4.42 Å². The molecule has 0 bridgehead atoms. The third-order valence-electron chi connectivity index (χ3n) is 5.16. The van der Waals surface area contributed by atoms with Crippen LogP contribution in [0.2, 0.25) is 0 Å². The van der Waals surface area contributed by atoms with Crippen LogP contribution in [0.5, 0.6) is 0 Å². The molecule has 0 N–H and O–H groups in total. The van der Waals surface area contributed by atoms with Gasteiger partial charge in [-0.05, 0) is 48.0 Å². The van der Waals surface area contributed by atoms with Crippen molar-refractivity contribution in [1.82, 2.24) is 9.47 Å². The maximum atomic E-state index is 12.2. The SMILES string of the molecule is CCS(=O)(=O)c1ccc2oc(=S)n(CN3CC=C(c4ccccc4)CC3)c2c1. The zero-order valence-electron chi connectivity index (χ0n) is 15.7. The highest BCUT2D eigenvalue weighted by molar-refractivity contribution is 7.91. The van der Waals surface area contributed by atoms with Crippen molar-refractivity contribution in [3.05, 3.63) is 65.0 Å². The van der Waals surface area contributed by atoms with Crippen molar-refractivity contribution in [2.24, 2.45) is 0 Å². The molecule has 0 spiro atoms. The van der Waals surface area contributed by atoms with Gasteiger partial charge in [-0.1, -0.05) is 43.3 Å². The Morgan fingerprint density at radius 1 is 1.14 bits per heavy atom. The molecule has 2 heterocycles. The van der Waals surface area contributed by atoms with Gasteiger partial charge in [0.2, 0.25) is 0 Å². The van der Waals surface area contributed by atoms with E-state index in [4.69, 9.17) is 16.6 Å². The fourth-order valence-corrected chi connectivity index (χ4v) is 4.64. The zero-order valence-corrected chi connectivity index (χ0v) is 17.3. The van der Waals surface area contributed by atoms with Gasteiger partial charge in [-0.3, -0.25) is 9.47 Å². The van der Waals surface area contributed by atoms with Gasteiger partial charge in [0.05, 0.1) is 22.8 Å². The van der Waals surface area contributed by atoms with Crippen molar-refractivity contribution in [3.63, 3.8) is 0 Å². The Morgan fingerprint density at radius 2 is 1.93 bits per heavy atom. The fraction of sp³-hybridized carbons (Fsp3) is 0.286. The standard InChI is InChI=1S/C21H22N2O3S2/c1-2-28(24,25)18-8-9-20-19(14-18)23(21(27)26-20)15-22-12-10-17(11-13-22)16-6-4-3-5-7-16/h3-10,14H,2,11-13,15H2,1H3. The summed E-state index contributed by atoms with van der Waals surface area (Å²) in [6.45, 7) is 3.93. The number of hydrogen-bond acceptors (Lipinski definition) is 5. The van der Waals surface area contributed by atoms with Crippen molar-refractivity contribution in [1.29, 1.82) is 0 Å². The Balaban J connectivity index is 1.60. The molecular formula is C21H22N2O3S2. The lowest BCUT2D eigenvalue weighted by Crippen LogP contribution is -2.30. The molecule has 4 rings (SSSR count). The summed E-state index contributed by atoms with van der Waals surface area (Å²) in [5.74, 6) is 0.0657. The number of hydrogen-bond donors (Lipinski definition) is 0. The van der Waals surface area contributed by atoms with Crippen LogP contribution < -0.4 is 0 Å². The largest absolute Gasteiger partial charge is 0.429 e. The number of nitrogens with zero attached hydrogens (tertiary/aromatic N) is 2. The summed E-state index contributed by atoms with van der Waals surface area (Å²) in [6, 6.07) is 15.4. The van der Waals surface area contributed by atoms with Crippen LogP contribution in [0.25, 0.3) is 16.7 Å². The minimum absolute atomic E-state index is 0.0657. The van der Waals surface area contributed by atoms with Crippen molar-refractivity contribution in [3.8, 4) is 0 Å². The van der Waals surface area contributed by atoms with E-state index in [0.717, 1.165) is 25.0 Å². The molecule has 7 heteroatoms. The summed E-state index contributed by atoms with van der Waals surface area (Å²) < 4.78 is 32.0. The number of fused-ring (bicyclic) bond motifs is 1. The van der Waals surface area contributed by atoms with Crippen LogP contribution in [0.4, 0.5) is 0 Å². The van der Waals surface area contributed by atoms with Gasteiger partial charge in [0.1, 0.15) is 0 Å². The Hall–Kier alpha value is -2.22. The van der Waals surface area contributed by atoms with Crippen LogP contribution in [0.15, 0.2) is 63.9 Å². The van der Waals surface area contributed by atoms with Crippen LogP contribution in [-0.4, -0.2) is 36.7 Å². The second-order valence-corrected chi connectivity index (χ2v) is 9.52. The fourth-order valence-electron chi connectivity index (χ4n) is 3.49. The van der Waals surface area contributed by atoms with Crippen LogP contribution in [0.3, 0.4) is 0 Å². The second-order valence-electron chi connectivity index (χ2n) is 6.89. The molecule has 3 aromatic rings. The van der Waals surface area contributed by atoms with Gasteiger partial charge in [-0.15, -0.1) is 0 Å². The molecule has 0 saturated heterocycles. The molecule has 1 aliphatic rings. The Kier molecular flexibility index (Phi) is 5.23. The molecule has 5 nitrogen and oxygen atoms in total. The molecule has 28 heavy (non-hydrogen) atoms. The van der Waals surface area contributed by atoms with Gasteiger partial charge in [0.15, 0.2) is 15.4 Å². The number of benzene rings is 2. The lowest BCUT2D eigenvalue weighted by atomic mass is 10.00. The van der Waals surface area contributed by atoms with E-state index < -0.39 is 9.84 Å². The van der Waals surface area contributed by atoms with E-state index in [1.807, 2.05) is 10.6 Å². The van der Waals surface area contributed by atoms with E-state index in [1.54, 1.807) is 25.1 Å². The van der Waals surface area contributed by atoms with Gasteiger partial charge in [-0.25, -0.2) is 8.42 Å². The maximum absolute atomic E-state index is 12.2. The highest BCUT2D eigenvalue weighted by Crippen LogP contribution is 2.25. The van der Waals surface area contributed by atoms with Gasteiger partial charge in [-0.2, -0.15) is 0 Å². The van der Waals surface area contributed by atoms with Gasteiger partial charge >= 0.3 is 0 Å². The number of sulfone groups is 1. The number of aromatic nitrogens is 1. The molecule has 0 saturated carbocycles. The van der Waals surface area contributed by atoms with Gasteiger partial charge in [0.25, 0.3) is 4.84 Å². The van der Waals surface area contributed by atoms with Crippen LogP contribution in [-0.2, 0) is 16.5 Å². The molecule has 0 atom stereocenters. The van der Waals surface area contributed by atoms with E-state index in [2.05, 4.69) is 35.2 Å². The lowest BCUT2D eigenvalue weighted by molar-refractivity contribution is 0.238. The molecule has 0 amide bonds. The second kappa shape index (κ2) is 7.66. The topological polar surface area (TPSA) is 55.5 Å². The Bertz CT molecular complexity index is 1190. The number of oxazole rings is 1. The van der Waals surface area contributed by atoms with E-state index in [9.17, 15) is 8.42 Å². The lowest BCUT2D eigenvalue weighted by Gasteiger charge is -2.26. The summed E-state index contributed by atoms with van der Waals surface area (Å²) in [5, 5.41) is 0. The summed E-state index contributed by atoms with van der Waals surface area (Å²) >= 11 is 5.39. The van der Waals surface area contributed by atoms with Gasteiger partial charge in [0, 0.05) is 13.1 Å². The first kappa shape index (κ1) is 19.1. The van der Waals surface area contributed by atoms with E-state index in [0.29, 0.717) is 22.0 Å². The quantitative estimate of drug-likeness (QED) is 0.575. The predicted octanol–water partition coefficient (Wildman–Crippen LogP) is 4.50. The molecule has 0 unspecified atom stereocenters. The monoisotopic (exact) mass is 414 g/mol. The smallest absolute Gasteiger partial charge is 0.270 e. The minimum Gasteiger partial charge on any atom is -0.429 e. The van der Waals surface area contributed by atoms with Crippen molar-refractivity contribution >= 4 is 38.7 Å². The van der Waals surface area contributed by atoms with Crippen molar-refractivity contribution in [2.75, 3.05) is 18.8 Å². The summed E-state index contributed by atoms with van der Waals surface area (Å²) in [5.41, 5.74) is 3.95. The third kappa shape index (κ3) is 3.70. The first-order chi connectivity index (χ1) is 13.5. The van der Waals surface area contributed by atoms with Crippen LogP contribution >= 0.6 is 12.2 Å². The van der Waals surface area contributed by atoms with Crippen molar-refractivity contribution < 1.29 is 12.8 Å². The Labute approximate surface area is 169 Å². The highest BCUT2D eigenvalue weighted by Gasteiger charge is 2.18. The predicted molar refractivity (Wildman–Crippen MR) is 113 cm³/mol. The highest BCUT2D eigenvalue weighted by atomic mass is 32.2. The Morgan fingerprint density at radius 3 is 2.61 bits per heavy atom. The normalized spacial score (nSPS) is 15.7. The molecule has 0 radical (unpaired) electrons. The molecule has 1 aromatic heterocycles. The van der Waals surface area contributed by atoms with Crippen molar-refractivity contribution in [2.45, 2.75) is 24.9 Å². The summed E-state index contributed by atoms with van der Waals surface area (Å²) in [6.07, 6.45) is 3.21. The molecule has 1 aliphatic heterocycles. The third-order valence-corrected chi connectivity index (χ3v) is 7.19. The molecule has 0 aliphatic carbocycles. The average Bonchev–Trinajstić information content (AvgIpc) is 3.04. The van der Waals surface area contributed by atoms with Crippen LogP contribution in [0, 0.1) is 4.84 Å². The first-order valence-corrected chi connectivity index (χ1v) is 11.4. The minimum atomic E-state index is -3.28. The van der Waals surface area contributed by atoms with Crippen LogP contribution in [0.1, 0.15) is 18.9 Å². The number of rotatable bonds is 5. The maximum Gasteiger partial charge on any atom is 0.270 e. The summed E-state index contributed by atoms with van der Waals surface area (Å²) in [4.78, 5) is 2.94. The average molecular weight is 415 g/mol. The van der Waals surface area contributed by atoms with E-state index in [1.165, 1.54) is 11.1 Å². The summed E-state index contributed by atoms with van der Waals surface area (Å²) in [7, 11) is -3.28. The first-order valence-electron chi connectivity index (χ1n) is 9.31. The molecule has 0 fully saturated rings. The van der Waals surface area contributed by atoms with E-state index >= 15 is 0 Å². The molecule has 2 aromatic carbocycles. The molecular weight excluding hydrogens is 392 g/mol. The van der Waals surface area contributed by atoms with E-state index in [-0.39, 0.29) is 5.75 Å². The molecule has 146 valence electrons. The zero-order chi connectivity index (χ0) is 19.7.